The lowest BCUT2D eigenvalue weighted by molar-refractivity contribution is 0.0523. The fraction of sp³-hybridized carbons (Fsp3) is 0.800. The molecular formula is C45H84N6O2. The maximum atomic E-state index is 5.49. The van der Waals surface area contributed by atoms with Gasteiger partial charge < -0.3 is 14.5 Å². The Hall–Kier alpha value is -2.45. The van der Waals surface area contributed by atoms with Gasteiger partial charge in [-0.2, -0.15) is 10.2 Å². The van der Waals surface area contributed by atoms with E-state index >= 15 is 0 Å². The number of imidazole rings is 1. The van der Waals surface area contributed by atoms with Gasteiger partial charge in [0.15, 0.2) is 0 Å². The predicted molar refractivity (Wildman–Crippen MR) is 226 cm³/mol. The van der Waals surface area contributed by atoms with Crippen LogP contribution < -0.4 is 0 Å². The van der Waals surface area contributed by atoms with Gasteiger partial charge in [-0.05, 0) is 95.0 Å². The molecule has 2 saturated heterocycles. The highest BCUT2D eigenvalue weighted by Gasteiger charge is 2.32. The van der Waals surface area contributed by atoms with Gasteiger partial charge in [-0.3, -0.25) is 10.2 Å². The minimum atomic E-state index is 0.527. The van der Waals surface area contributed by atoms with Gasteiger partial charge in [-0.1, -0.05) is 125 Å². The summed E-state index contributed by atoms with van der Waals surface area (Å²) in [4.78, 5) is 7.46. The van der Waals surface area contributed by atoms with Crippen molar-refractivity contribution in [2.45, 2.75) is 173 Å². The Labute approximate surface area is 326 Å². The molecule has 8 nitrogen and oxygen atoms in total. The number of ether oxygens (including phenoxy) is 2. The van der Waals surface area contributed by atoms with Crippen molar-refractivity contribution in [3.8, 4) is 0 Å². The molecule has 3 aromatic rings. The largest absolute Gasteiger partial charge is 0.381 e. The predicted octanol–water partition coefficient (Wildman–Crippen LogP) is 12.6. The summed E-state index contributed by atoms with van der Waals surface area (Å²) in [5.74, 6) is 8.28. The van der Waals surface area contributed by atoms with E-state index in [1.807, 2.05) is 12.4 Å². The molecule has 2 fully saturated rings. The van der Waals surface area contributed by atoms with Crippen molar-refractivity contribution in [1.82, 2.24) is 30.4 Å². The monoisotopic (exact) mass is 741 g/mol. The molecule has 0 radical (unpaired) electrons. The molecule has 2 unspecified atom stereocenters. The molecule has 306 valence electrons. The Morgan fingerprint density at radius 1 is 0.509 bits per heavy atom. The van der Waals surface area contributed by atoms with Crippen molar-refractivity contribution in [3.63, 3.8) is 0 Å². The van der Waals surface area contributed by atoms with Crippen molar-refractivity contribution >= 4 is 0 Å². The lowest BCUT2D eigenvalue weighted by atomic mass is 9.80. The van der Waals surface area contributed by atoms with E-state index in [0.29, 0.717) is 35.5 Å². The van der Waals surface area contributed by atoms with E-state index in [2.05, 4.69) is 155 Å². The molecule has 0 bridgehead atoms. The molecule has 0 aliphatic carbocycles. The van der Waals surface area contributed by atoms with E-state index in [1.54, 1.807) is 6.33 Å². The van der Waals surface area contributed by atoms with Crippen molar-refractivity contribution < 1.29 is 9.47 Å². The van der Waals surface area contributed by atoms with Crippen LogP contribution in [0.4, 0.5) is 0 Å². The van der Waals surface area contributed by atoms with Gasteiger partial charge in [-0.15, -0.1) is 0 Å². The standard InChI is InChI=1S/C10H20O.3C9H16N2.C8H16O/c1-7(2)9-5-11-6-10(9)8(3)4;1-6(2)8-9(7(3)4)11-5-10-8;2*1-6(2)8-5-10-11-9(8)7(3)4;1-7(2)8-3-5-9-6-4-8/h7-10H,5-6H2,1-4H3;3*5-7H,1-4H3,(H,10,11);7-8H,3-6H2,1-2H3. The maximum Gasteiger partial charge on any atom is 0.0925 e. The average Bonchev–Trinajstić information content (AvgIpc) is 3.92. The summed E-state index contributed by atoms with van der Waals surface area (Å²) in [5.41, 5.74) is 7.74. The number of hydrogen-bond acceptors (Lipinski definition) is 5. The Kier molecular flexibility index (Phi) is 22.8. The molecule has 0 saturated carbocycles. The smallest absolute Gasteiger partial charge is 0.0925 e. The first kappa shape index (κ1) is 48.6. The van der Waals surface area contributed by atoms with Crippen molar-refractivity contribution in [1.29, 1.82) is 0 Å². The number of nitrogens with zero attached hydrogens (tertiary/aromatic N) is 3. The van der Waals surface area contributed by atoms with E-state index in [1.165, 1.54) is 46.7 Å². The van der Waals surface area contributed by atoms with Crippen LogP contribution in [0.1, 0.15) is 207 Å². The molecule has 0 spiro atoms. The summed E-state index contributed by atoms with van der Waals surface area (Å²) in [7, 11) is 0. The molecule has 8 heteroatoms. The van der Waals surface area contributed by atoms with Gasteiger partial charge >= 0.3 is 0 Å². The van der Waals surface area contributed by atoms with Crippen molar-refractivity contribution in [2.24, 2.45) is 35.5 Å². The fourth-order valence-corrected chi connectivity index (χ4v) is 7.04. The van der Waals surface area contributed by atoms with Crippen LogP contribution in [-0.4, -0.2) is 56.8 Å². The number of aromatic amines is 3. The van der Waals surface area contributed by atoms with E-state index in [9.17, 15) is 0 Å². The lowest BCUT2D eigenvalue weighted by Gasteiger charge is -2.24. The molecule has 2 aliphatic rings. The molecule has 53 heavy (non-hydrogen) atoms. The van der Waals surface area contributed by atoms with Crippen LogP contribution in [0.15, 0.2) is 18.7 Å². The van der Waals surface area contributed by atoms with Crippen LogP contribution in [0.5, 0.6) is 0 Å². The Morgan fingerprint density at radius 3 is 1.19 bits per heavy atom. The summed E-state index contributed by atoms with van der Waals surface area (Å²) in [6.07, 6.45) is 8.19. The van der Waals surface area contributed by atoms with Crippen molar-refractivity contribution in [3.05, 3.63) is 52.6 Å². The molecule has 3 N–H and O–H groups in total. The first-order valence-corrected chi connectivity index (χ1v) is 21.1. The first-order valence-electron chi connectivity index (χ1n) is 21.1. The van der Waals surface area contributed by atoms with E-state index in [4.69, 9.17) is 9.47 Å². The Balaban J connectivity index is 0.000000332. The minimum absolute atomic E-state index is 0.527. The van der Waals surface area contributed by atoms with E-state index in [0.717, 1.165) is 61.9 Å². The minimum Gasteiger partial charge on any atom is -0.381 e. The van der Waals surface area contributed by atoms with Gasteiger partial charge in [-0.25, -0.2) is 4.98 Å². The van der Waals surface area contributed by atoms with Crippen LogP contribution >= 0.6 is 0 Å². The van der Waals surface area contributed by atoms with E-state index < -0.39 is 0 Å². The fourth-order valence-electron chi connectivity index (χ4n) is 7.04. The van der Waals surface area contributed by atoms with Gasteiger partial charge in [0.2, 0.25) is 0 Å². The SMILES string of the molecule is CC(C)C1CCOCC1.CC(C)C1COCC1C(C)C.CC(C)c1cn[nH]c1C(C)C.CC(C)c1cn[nH]c1C(C)C.CC(C)c1nc[nH]c1C(C)C. The average molecular weight is 741 g/mol. The third-order valence-corrected chi connectivity index (χ3v) is 10.7. The molecule has 3 aromatic heterocycles. The highest BCUT2D eigenvalue weighted by Crippen LogP contribution is 2.32. The lowest BCUT2D eigenvalue weighted by Crippen LogP contribution is -2.22. The zero-order valence-corrected chi connectivity index (χ0v) is 37.6. The highest BCUT2D eigenvalue weighted by atomic mass is 16.5. The second-order valence-corrected chi connectivity index (χ2v) is 18.2. The van der Waals surface area contributed by atoms with Gasteiger partial charge in [0.05, 0.1) is 24.4 Å². The maximum absolute atomic E-state index is 5.49. The summed E-state index contributed by atoms with van der Waals surface area (Å²) < 4.78 is 10.7. The third kappa shape index (κ3) is 16.8. The molecule has 5 rings (SSSR count). The van der Waals surface area contributed by atoms with Crippen LogP contribution in [-0.2, 0) is 9.47 Å². The Morgan fingerprint density at radius 2 is 0.925 bits per heavy atom. The first-order chi connectivity index (χ1) is 24.8. The van der Waals surface area contributed by atoms with Crippen molar-refractivity contribution in [2.75, 3.05) is 26.4 Å². The number of aromatic nitrogens is 6. The molecule has 0 aromatic carbocycles. The number of nitrogens with one attached hydrogen (secondary N) is 3. The highest BCUT2D eigenvalue weighted by molar-refractivity contribution is 5.23. The van der Waals surface area contributed by atoms with Crippen LogP contribution in [0.25, 0.3) is 0 Å². The summed E-state index contributed by atoms with van der Waals surface area (Å²) in [6, 6.07) is 0. The number of hydrogen-bond donors (Lipinski definition) is 3. The van der Waals surface area contributed by atoms with Crippen LogP contribution in [0.3, 0.4) is 0 Å². The zero-order chi connectivity index (χ0) is 40.4. The summed E-state index contributed by atoms with van der Waals surface area (Å²) in [6.45, 7) is 43.9. The molecule has 5 heterocycles. The Bertz CT molecular complexity index is 1120. The summed E-state index contributed by atoms with van der Waals surface area (Å²) in [5, 5.41) is 14.2. The second-order valence-electron chi connectivity index (χ2n) is 18.2. The molecular weight excluding hydrogens is 657 g/mol. The van der Waals surface area contributed by atoms with Crippen LogP contribution in [0, 0.1) is 35.5 Å². The van der Waals surface area contributed by atoms with E-state index in [-0.39, 0.29) is 0 Å². The van der Waals surface area contributed by atoms with Gasteiger partial charge in [0.1, 0.15) is 0 Å². The van der Waals surface area contributed by atoms with Gasteiger partial charge in [0.25, 0.3) is 0 Å². The summed E-state index contributed by atoms with van der Waals surface area (Å²) >= 11 is 0. The van der Waals surface area contributed by atoms with Crippen LogP contribution in [0.2, 0.25) is 0 Å². The molecule has 0 amide bonds. The number of H-pyrrole nitrogens is 3. The quantitative estimate of drug-likeness (QED) is 0.203. The topological polar surface area (TPSA) is 104 Å². The van der Waals surface area contributed by atoms with Gasteiger partial charge in [0, 0.05) is 43.5 Å². The number of rotatable bonds is 9. The zero-order valence-electron chi connectivity index (χ0n) is 37.6. The second kappa shape index (κ2) is 24.9. The molecule has 2 atom stereocenters. The molecule has 2 aliphatic heterocycles. The normalized spacial score (nSPS) is 17.7. The third-order valence-electron chi connectivity index (χ3n) is 10.7.